The van der Waals surface area contributed by atoms with Gasteiger partial charge in [0.05, 0.1) is 0 Å². The lowest BCUT2D eigenvalue weighted by atomic mass is 9.90. The average molecular weight is 240 g/mol. The molecule has 2 rings (SSSR count). The molecule has 17 heavy (non-hydrogen) atoms. The second kappa shape index (κ2) is 8.06. The summed E-state index contributed by atoms with van der Waals surface area (Å²) in [5.41, 5.74) is 0. The summed E-state index contributed by atoms with van der Waals surface area (Å²) in [6.07, 6.45) is 8.30. The standard InChI is InChI=1S/C14H28N2O/c1-2-5-14(6-3-1)13-17-12-4-9-16-10-7-15-8-11-16/h14-15H,1-13H2. The molecule has 1 heterocycles. The van der Waals surface area contributed by atoms with Crippen LogP contribution < -0.4 is 5.32 Å². The molecule has 2 fully saturated rings. The molecule has 0 atom stereocenters. The summed E-state index contributed by atoms with van der Waals surface area (Å²) in [5.74, 6) is 0.864. The van der Waals surface area contributed by atoms with Gasteiger partial charge < -0.3 is 15.0 Å². The SMILES string of the molecule is C1CCC(COCCCN2CCNCC2)CC1. The lowest BCUT2D eigenvalue weighted by molar-refractivity contribution is 0.0767. The van der Waals surface area contributed by atoms with Crippen LogP contribution in [-0.2, 0) is 4.74 Å². The topological polar surface area (TPSA) is 24.5 Å². The number of nitrogens with one attached hydrogen (secondary N) is 1. The van der Waals surface area contributed by atoms with Gasteiger partial charge in [0.15, 0.2) is 0 Å². The minimum Gasteiger partial charge on any atom is -0.381 e. The van der Waals surface area contributed by atoms with E-state index in [2.05, 4.69) is 10.2 Å². The molecule has 100 valence electrons. The highest BCUT2D eigenvalue weighted by molar-refractivity contribution is 4.67. The Morgan fingerprint density at radius 1 is 1.06 bits per heavy atom. The minimum atomic E-state index is 0.864. The van der Waals surface area contributed by atoms with Crippen LogP contribution in [0.5, 0.6) is 0 Å². The Kier molecular flexibility index (Phi) is 6.32. The molecule has 1 saturated heterocycles. The fourth-order valence-corrected chi connectivity index (χ4v) is 2.93. The molecule has 3 heteroatoms. The normalized spacial score (nSPS) is 24.0. The van der Waals surface area contributed by atoms with E-state index in [4.69, 9.17) is 4.74 Å². The predicted molar refractivity (Wildman–Crippen MR) is 71.3 cm³/mol. The van der Waals surface area contributed by atoms with Crippen molar-refractivity contribution < 1.29 is 4.74 Å². The number of rotatable bonds is 6. The monoisotopic (exact) mass is 240 g/mol. The Hall–Kier alpha value is -0.120. The van der Waals surface area contributed by atoms with Crippen LogP contribution in [0.4, 0.5) is 0 Å². The second-order valence-electron chi connectivity index (χ2n) is 5.52. The Morgan fingerprint density at radius 3 is 2.59 bits per heavy atom. The molecule has 0 aromatic heterocycles. The summed E-state index contributed by atoms with van der Waals surface area (Å²) >= 11 is 0. The number of hydrogen-bond acceptors (Lipinski definition) is 3. The maximum absolute atomic E-state index is 5.82. The highest BCUT2D eigenvalue weighted by atomic mass is 16.5. The Bertz CT molecular complexity index is 167. The Labute approximate surface area is 106 Å². The quantitative estimate of drug-likeness (QED) is 0.717. The van der Waals surface area contributed by atoms with Crippen molar-refractivity contribution in [1.82, 2.24) is 10.2 Å². The van der Waals surface area contributed by atoms with Crippen molar-refractivity contribution in [3.05, 3.63) is 0 Å². The molecule has 0 spiro atoms. The zero-order valence-electron chi connectivity index (χ0n) is 11.1. The van der Waals surface area contributed by atoms with Gasteiger partial charge in [-0.25, -0.2) is 0 Å². The smallest absolute Gasteiger partial charge is 0.0494 e. The van der Waals surface area contributed by atoms with E-state index < -0.39 is 0 Å². The van der Waals surface area contributed by atoms with E-state index in [1.165, 1.54) is 58.2 Å². The molecule has 3 nitrogen and oxygen atoms in total. The van der Waals surface area contributed by atoms with Crippen LogP contribution >= 0.6 is 0 Å². The maximum atomic E-state index is 5.82. The van der Waals surface area contributed by atoms with E-state index >= 15 is 0 Å². The lowest BCUT2D eigenvalue weighted by Crippen LogP contribution is -2.43. The zero-order valence-corrected chi connectivity index (χ0v) is 11.1. The summed E-state index contributed by atoms with van der Waals surface area (Å²) in [4.78, 5) is 2.54. The van der Waals surface area contributed by atoms with Gasteiger partial charge >= 0.3 is 0 Å². The van der Waals surface area contributed by atoms with Crippen LogP contribution in [0, 0.1) is 5.92 Å². The van der Waals surface area contributed by atoms with E-state index in [0.717, 1.165) is 32.2 Å². The number of piperazine rings is 1. The number of ether oxygens (including phenoxy) is 1. The molecule has 0 aromatic carbocycles. The molecule has 1 saturated carbocycles. The van der Waals surface area contributed by atoms with Gasteiger partial charge in [-0.2, -0.15) is 0 Å². The van der Waals surface area contributed by atoms with Crippen molar-refractivity contribution >= 4 is 0 Å². The van der Waals surface area contributed by atoms with Crippen molar-refractivity contribution in [1.29, 1.82) is 0 Å². The molecule has 0 aromatic rings. The molecular weight excluding hydrogens is 212 g/mol. The van der Waals surface area contributed by atoms with Gasteiger partial charge in [0.1, 0.15) is 0 Å². The summed E-state index contributed by atoms with van der Waals surface area (Å²) < 4.78 is 5.82. The lowest BCUT2D eigenvalue weighted by Gasteiger charge is -2.27. The largest absolute Gasteiger partial charge is 0.381 e. The van der Waals surface area contributed by atoms with E-state index in [0.29, 0.717) is 0 Å². The molecule has 1 aliphatic heterocycles. The van der Waals surface area contributed by atoms with Crippen molar-refractivity contribution in [2.75, 3.05) is 45.9 Å². The van der Waals surface area contributed by atoms with E-state index in [9.17, 15) is 0 Å². The first-order chi connectivity index (χ1) is 8.45. The van der Waals surface area contributed by atoms with Gasteiger partial charge in [0.2, 0.25) is 0 Å². The molecule has 0 unspecified atom stereocenters. The van der Waals surface area contributed by atoms with Gasteiger partial charge in [-0.05, 0) is 25.2 Å². The highest BCUT2D eigenvalue weighted by Crippen LogP contribution is 2.23. The molecule has 0 bridgehead atoms. The van der Waals surface area contributed by atoms with Crippen LogP contribution in [0.2, 0.25) is 0 Å². The second-order valence-corrected chi connectivity index (χ2v) is 5.52. The van der Waals surface area contributed by atoms with Crippen LogP contribution in [0.15, 0.2) is 0 Å². The maximum Gasteiger partial charge on any atom is 0.0494 e. The van der Waals surface area contributed by atoms with Gasteiger partial charge in [0, 0.05) is 45.9 Å². The summed E-state index contributed by atoms with van der Waals surface area (Å²) in [6, 6.07) is 0. The van der Waals surface area contributed by atoms with E-state index in [-0.39, 0.29) is 0 Å². The first-order valence-corrected chi connectivity index (χ1v) is 7.46. The van der Waals surface area contributed by atoms with E-state index in [1.807, 2.05) is 0 Å². The molecule has 0 radical (unpaired) electrons. The first-order valence-electron chi connectivity index (χ1n) is 7.46. The van der Waals surface area contributed by atoms with E-state index in [1.54, 1.807) is 0 Å². The summed E-state index contributed by atoms with van der Waals surface area (Å²) in [6.45, 7) is 7.92. The minimum absolute atomic E-state index is 0.864. The molecule has 1 N–H and O–H groups in total. The Balaban J connectivity index is 1.42. The van der Waals surface area contributed by atoms with Crippen LogP contribution in [0.1, 0.15) is 38.5 Å². The molecular formula is C14H28N2O. The highest BCUT2D eigenvalue weighted by Gasteiger charge is 2.13. The predicted octanol–water partition coefficient (Wildman–Crippen LogP) is 1.88. The summed E-state index contributed by atoms with van der Waals surface area (Å²) in [7, 11) is 0. The van der Waals surface area contributed by atoms with Gasteiger partial charge in [-0.3, -0.25) is 0 Å². The molecule has 2 aliphatic rings. The first kappa shape index (κ1) is 13.3. The number of hydrogen-bond donors (Lipinski definition) is 1. The molecule has 0 amide bonds. The van der Waals surface area contributed by atoms with Crippen molar-refractivity contribution in [3.8, 4) is 0 Å². The van der Waals surface area contributed by atoms with Crippen LogP contribution in [0.3, 0.4) is 0 Å². The van der Waals surface area contributed by atoms with Gasteiger partial charge in [-0.15, -0.1) is 0 Å². The third-order valence-corrected chi connectivity index (χ3v) is 4.05. The van der Waals surface area contributed by atoms with Gasteiger partial charge in [0.25, 0.3) is 0 Å². The van der Waals surface area contributed by atoms with Crippen LogP contribution in [-0.4, -0.2) is 50.8 Å². The molecule has 1 aliphatic carbocycles. The average Bonchev–Trinajstić information content (AvgIpc) is 2.41. The summed E-state index contributed by atoms with van der Waals surface area (Å²) in [5, 5.41) is 3.39. The Morgan fingerprint density at radius 2 is 1.82 bits per heavy atom. The van der Waals surface area contributed by atoms with Crippen molar-refractivity contribution in [3.63, 3.8) is 0 Å². The van der Waals surface area contributed by atoms with Gasteiger partial charge in [-0.1, -0.05) is 19.3 Å². The third-order valence-electron chi connectivity index (χ3n) is 4.05. The van der Waals surface area contributed by atoms with Crippen molar-refractivity contribution in [2.45, 2.75) is 38.5 Å². The fourth-order valence-electron chi connectivity index (χ4n) is 2.93. The third kappa shape index (κ3) is 5.36. The number of nitrogens with zero attached hydrogens (tertiary/aromatic N) is 1. The zero-order chi connectivity index (χ0) is 11.8. The fraction of sp³-hybridized carbons (Fsp3) is 1.00. The van der Waals surface area contributed by atoms with Crippen molar-refractivity contribution in [2.24, 2.45) is 5.92 Å². The van der Waals surface area contributed by atoms with Crippen LogP contribution in [0.25, 0.3) is 0 Å².